The molecule has 78 valence electrons. The average Bonchev–Trinajstić information content (AvgIpc) is 2.06. The lowest BCUT2D eigenvalue weighted by Crippen LogP contribution is -2.51. The Balaban J connectivity index is 2.55. The molecule has 2 atom stereocenters. The molecule has 1 rings (SSSR count). The zero-order valence-electron chi connectivity index (χ0n) is 7.43. The lowest BCUT2D eigenvalue weighted by Gasteiger charge is -2.27. The summed E-state index contributed by atoms with van der Waals surface area (Å²) in [5.41, 5.74) is 0. The molecular weight excluding hydrogens is 188 g/mol. The zero-order valence-corrected chi connectivity index (χ0v) is 7.43. The summed E-state index contributed by atoms with van der Waals surface area (Å²) < 4.78 is 0. The molecule has 0 spiro atoms. The molecule has 0 aromatic carbocycles. The average molecular weight is 200 g/mol. The Hall–Kier alpha value is -1.72. The molecule has 6 heteroatoms. The van der Waals surface area contributed by atoms with Crippen molar-refractivity contribution in [3.8, 4) is 0 Å². The van der Waals surface area contributed by atoms with E-state index in [2.05, 4.69) is 10.6 Å². The van der Waals surface area contributed by atoms with E-state index >= 15 is 0 Å². The maximum absolute atomic E-state index is 10.4. The maximum Gasteiger partial charge on any atom is 0.404 e. The lowest BCUT2D eigenvalue weighted by atomic mass is 9.96. The van der Waals surface area contributed by atoms with Gasteiger partial charge in [-0.05, 0) is 12.8 Å². The van der Waals surface area contributed by atoms with Gasteiger partial charge in [0.25, 0.3) is 0 Å². The number of carbonyl (C=O) groups is 2. The van der Waals surface area contributed by atoms with E-state index in [1.807, 2.05) is 12.2 Å². The molecule has 0 heterocycles. The van der Waals surface area contributed by atoms with Crippen LogP contribution in [0.2, 0.25) is 0 Å². The monoisotopic (exact) mass is 200 g/mol. The molecule has 2 amide bonds. The van der Waals surface area contributed by atoms with E-state index in [0.717, 1.165) is 0 Å². The van der Waals surface area contributed by atoms with Crippen LogP contribution in [0.5, 0.6) is 0 Å². The summed E-state index contributed by atoms with van der Waals surface area (Å²) in [7, 11) is 0. The second kappa shape index (κ2) is 4.50. The van der Waals surface area contributed by atoms with Gasteiger partial charge in [-0.25, -0.2) is 9.59 Å². The second-order valence-corrected chi connectivity index (χ2v) is 3.05. The number of rotatable bonds is 2. The first-order valence-corrected chi connectivity index (χ1v) is 4.23. The molecule has 0 saturated heterocycles. The highest BCUT2D eigenvalue weighted by molar-refractivity contribution is 5.67. The van der Waals surface area contributed by atoms with Crippen molar-refractivity contribution >= 4 is 12.2 Å². The van der Waals surface area contributed by atoms with E-state index < -0.39 is 12.2 Å². The van der Waals surface area contributed by atoms with Crippen molar-refractivity contribution in [3.63, 3.8) is 0 Å². The Bertz CT molecular complexity index is 238. The molecule has 0 unspecified atom stereocenters. The fourth-order valence-electron chi connectivity index (χ4n) is 1.45. The Kier molecular flexibility index (Phi) is 3.33. The standard InChI is InChI=1S/C8H12N2O4/c11-7(12)9-5-3-1-2-4-6(5)10-8(13)14/h1-2,5-6,9-10H,3-4H2,(H,11,12)(H,13,14)/t5-,6-/m1/s1. The highest BCUT2D eigenvalue weighted by Crippen LogP contribution is 2.11. The van der Waals surface area contributed by atoms with Crippen molar-refractivity contribution in [1.82, 2.24) is 10.6 Å². The van der Waals surface area contributed by atoms with Gasteiger partial charge >= 0.3 is 12.2 Å². The number of hydrogen-bond acceptors (Lipinski definition) is 2. The summed E-state index contributed by atoms with van der Waals surface area (Å²) in [4.78, 5) is 20.8. The molecule has 0 aromatic rings. The van der Waals surface area contributed by atoms with Crippen molar-refractivity contribution in [2.24, 2.45) is 0 Å². The van der Waals surface area contributed by atoms with Crippen LogP contribution in [-0.4, -0.2) is 34.5 Å². The molecule has 14 heavy (non-hydrogen) atoms. The van der Waals surface area contributed by atoms with Crippen LogP contribution in [-0.2, 0) is 0 Å². The molecule has 1 aliphatic carbocycles. The third-order valence-corrected chi connectivity index (χ3v) is 2.05. The number of nitrogens with one attached hydrogen (secondary N) is 2. The van der Waals surface area contributed by atoms with Gasteiger partial charge in [-0.3, -0.25) is 0 Å². The highest BCUT2D eigenvalue weighted by atomic mass is 16.4. The van der Waals surface area contributed by atoms with Crippen molar-refractivity contribution in [3.05, 3.63) is 12.2 Å². The lowest BCUT2D eigenvalue weighted by molar-refractivity contribution is 0.174. The van der Waals surface area contributed by atoms with E-state index in [0.29, 0.717) is 12.8 Å². The van der Waals surface area contributed by atoms with Gasteiger partial charge in [0.15, 0.2) is 0 Å². The first-order chi connectivity index (χ1) is 6.59. The van der Waals surface area contributed by atoms with Crippen molar-refractivity contribution in [1.29, 1.82) is 0 Å². The van der Waals surface area contributed by atoms with Crippen LogP contribution in [0.1, 0.15) is 12.8 Å². The van der Waals surface area contributed by atoms with Gasteiger partial charge in [0, 0.05) is 0 Å². The Labute approximate surface area is 80.6 Å². The van der Waals surface area contributed by atoms with Gasteiger partial charge in [-0.2, -0.15) is 0 Å². The van der Waals surface area contributed by atoms with Crippen molar-refractivity contribution in [2.45, 2.75) is 24.9 Å². The normalized spacial score (nSPS) is 25.4. The molecular formula is C8H12N2O4. The number of carboxylic acid groups (broad SMARTS) is 2. The SMILES string of the molecule is O=C(O)N[C@@H]1CC=CC[C@H]1NC(=O)O. The molecule has 6 nitrogen and oxygen atoms in total. The van der Waals surface area contributed by atoms with Crippen LogP contribution in [0.4, 0.5) is 9.59 Å². The van der Waals surface area contributed by atoms with Crippen LogP contribution in [0, 0.1) is 0 Å². The molecule has 0 radical (unpaired) electrons. The highest BCUT2D eigenvalue weighted by Gasteiger charge is 2.24. The van der Waals surface area contributed by atoms with Gasteiger partial charge in [0.05, 0.1) is 12.1 Å². The minimum Gasteiger partial charge on any atom is -0.465 e. The van der Waals surface area contributed by atoms with Crippen LogP contribution in [0.15, 0.2) is 12.2 Å². The Morgan fingerprint density at radius 3 is 1.64 bits per heavy atom. The smallest absolute Gasteiger partial charge is 0.404 e. The summed E-state index contributed by atoms with van der Waals surface area (Å²) in [5, 5.41) is 21.6. The van der Waals surface area contributed by atoms with Crippen molar-refractivity contribution < 1.29 is 19.8 Å². The van der Waals surface area contributed by atoms with E-state index in [1.165, 1.54) is 0 Å². The molecule has 0 bridgehead atoms. The Morgan fingerprint density at radius 1 is 1.00 bits per heavy atom. The van der Waals surface area contributed by atoms with Gasteiger partial charge in [-0.15, -0.1) is 0 Å². The Morgan fingerprint density at radius 2 is 1.36 bits per heavy atom. The summed E-state index contributed by atoms with van der Waals surface area (Å²) in [6.45, 7) is 0. The van der Waals surface area contributed by atoms with E-state index in [-0.39, 0.29) is 12.1 Å². The molecule has 0 saturated carbocycles. The quantitative estimate of drug-likeness (QED) is 0.491. The largest absolute Gasteiger partial charge is 0.465 e. The molecule has 4 N–H and O–H groups in total. The first-order valence-electron chi connectivity index (χ1n) is 4.23. The second-order valence-electron chi connectivity index (χ2n) is 3.05. The third-order valence-electron chi connectivity index (χ3n) is 2.05. The van der Waals surface area contributed by atoms with Crippen LogP contribution in [0.3, 0.4) is 0 Å². The summed E-state index contributed by atoms with van der Waals surface area (Å²) >= 11 is 0. The van der Waals surface area contributed by atoms with Crippen LogP contribution < -0.4 is 10.6 Å². The molecule has 1 aliphatic rings. The van der Waals surface area contributed by atoms with E-state index in [9.17, 15) is 9.59 Å². The first kappa shape index (κ1) is 10.4. The molecule has 0 fully saturated rings. The predicted octanol–water partition coefficient (Wildman–Crippen LogP) is 0.609. The molecule has 0 aliphatic heterocycles. The van der Waals surface area contributed by atoms with Gasteiger partial charge < -0.3 is 20.8 Å². The van der Waals surface area contributed by atoms with E-state index in [4.69, 9.17) is 10.2 Å². The predicted molar refractivity (Wildman–Crippen MR) is 48.3 cm³/mol. The van der Waals surface area contributed by atoms with E-state index in [1.54, 1.807) is 0 Å². The van der Waals surface area contributed by atoms with Crippen LogP contribution >= 0.6 is 0 Å². The minimum absolute atomic E-state index is 0.381. The summed E-state index contributed by atoms with van der Waals surface area (Å²) in [6.07, 6.45) is 2.42. The fourth-order valence-corrected chi connectivity index (χ4v) is 1.45. The van der Waals surface area contributed by atoms with Gasteiger partial charge in [0.2, 0.25) is 0 Å². The van der Waals surface area contributed by atoms with Crippen LogP contribution in [0.25, 0.3) is 0 Å². The minimum atomic E-state index is -1.14. The van der Waals surface area contributed by atoms with Crippen molar-refractivity contribution in [2.75, 3.05) is 0 Å². The topological polar surface area (TPSA) is 98.7 Å². The fraction of sp³-hybridized carbons (Fsp3) is 0.500. The number of amides is 2. The summed E-state index contributed by atoms with van der Waals surface area (Å²) in [6, 6.07) is -0.762. The third kappa shape index (κ3) is 2.96. The maximum atomic E-state index is 10.4. The zero-order chi connectivity index (χ0) is 10.6. The summed E-state index contributed by atoms with van der Waals surface area (Å²) in [5.74, 6) is 0. The van der Waals surface area contributed by atoms with Gasteiger partial charge in [-0.1, -0.05) is 12.2 Å². The molecule has 0 aromatic heterocycles. The van der Waals surface area contributed by atoms with Gasteiger partial charge in [0.1, 0.15) is 0 Å². The number of hydrogen-bond donors (Lipinski definition) is 4.